The van der Waals surface area contributed by atoms with Gasteiger partial charge in [-0.05, 0) is 41.5 Å². The number of imidazole rings is 1. The summed E-state index contributed by atoms with van der Waals surface area (Å²) in [6, 6.07) is 0. The lowest BCUT2D eigenvalue weighted by Gasteiger charge is -2.26. The Morgan fingerprint density at radius 2 is 1.80 bits per heavy atom. The van der Waals surface area contributed by atoms with Crippen molar-refractivity contribution < 1.29 is 0 Å². The molecule has 3 heteroatoms. The molecule has 0 bridgehead atoms. The maximum atomic E-state index is 4.21. The average molecular weight is 209 g/mol. The third kappa shape index (κ3) is 3.67. The molecule has 0 aliphatic heterocycles. The van der Waals surface area contributed by atoms with E-state index in [0.717, 1.165) is 6.54 Å². The Kier molecular flexibility index (Phi) is 3.24. The highest BCUT2D eigenvalue weighted by Gasteiger charge is 2.17. The SMILES string of the molecule is CC(C)(C)NCc1cncn1C(C)(C)C. The molecule has 0 atom stereocenters. The van der Waals surface area contributed by atoms with Crippen molar-refractivity contribution in [3.63, 3.8) is 0 Å². The predicted molar refractivity (Wildman–Crippen MR) is 63.8 cm³/mol. The van der Waals surface area contributed by atoms with Gasteiger partial charge < -0.3 is 9.88 Å². The minimum atomic E-state index is 0.103. The molecule has 0 aliphatic carbocycles. The van der Waals surface area contributed by atoms with Crippen molar-refractivity contribution in [2.45, 2.75) is 59.2 Å². The Morgan fingerprint density at radius 3 is 2.27 bits per heavy atom. The van der Waals surface area contributed by atoms with E-state index in [-0.39, 0.29) is 11.1 Å². The zero-order valence-corrected chi connectivity index (χ0v) is 10.8. The smallest absolute Gasteiger partial charge is 0.0953 e. The molecule has 0 radical (unpaired) electrons. The summed E-state index contributed by atoms with van der Waals surface area (Å²) in [6.07, 6.45) is 3.84. The largest absolute Gasteiger partial charge is 0.328 e. The van der Waals surface area contributed by atoms with Crippen molar-refractivity contribution in [1.29, 1.82) is 0 Å². The van der Waals surface area contributed by atoms with Crippen molar-refractivity contribution in [1.82, 2.24) is 14.9 Å². The first kappa shape index (κ1) is 12.2. The van der Waals surface area contributed by atoms with E-state index in [2.05, 4.69) is 56.4 Å². The van der Waals surface area contributed by atoms with Gasteiger partial charge in [-0.1, -0.05) is 0 Å². The molecule has 0 spiro atoms. The summed E-state index contributed by atoms with van der Waals surface area (Å²) in [7, 11) is 0. The third-order valence-electron chi connectivity index (χ3n) is 2.24. The monoisotopic (exact) mass is 209 g/mol. The molecule has 0 amide bonds. The Balaban J connectivity index is 2.75. The average Bonchev–Trinajstić information content (AvgIpc) is 2.45. The summed E-state index contributed by atoms with van der Waals surface area (Å²) in [5.74, 6) is 0. The van der Waals surface area contributed by atoms with Crippen molar-refractivity contribution in [2.75, 3.05) is 0 Å². The molecule has 3 nitrogen and oxygen atoms in total. The van der Waals surface area contributed by atoms with Gasteiger partial charge in [-0.15, -0.1) is 0 Å². The second-order valence-corrected chi connectivity index (χ2v) is 6.03. The number of hydrogen-bond acceptors (Lipinski definition) is 2. The van der Waals surface area contributed by atoms with Crippen LogP contribution in [0.25, 0.3) is 0 Å². The Hall–Kier alpha value is -0.830. The lowest BCUT2D eigenvalue weighted by Crippen LogP contribution is -2.36. The molecule has 0 saturated heterocycles. The molecule has 1 heterocycles. The molecular formula is C12H23N3. The molecule has 86 valence electrons. The second-order valence-electron chi connectivity index (χ2n) is 6.03. The van der Waals surface area contributed by atoms with E-state index >= 15 is 0 Å². The number of hydrogen-bond donors (Lipinski definition) is 1. The van der Waals surface area contributed by atoms with E-state index in [1.165, 1.54) is 5.69 Å². The maximum absolute atomic E-state index is 4.21. The molecule has 0 fully saturated rings. The Labute approximate surface area is 92.9 Å². The van der Waals surface area contributed by atoms with Crippen LogP contribution in [-0.2, 0) is 12.1 Å². The van der Waals surface area contributed by atoms with Gasteiger partial charge in [-0.2, -0.15) is 0 Å². The number of rotatable bonds is 2. The molecule has 0 aliphatic rings. The topological polar surface area (TPSA) is 29.9 Å². The third-order valence-corrected chi connectivity index (χ3v) is 2.24. The lowest BCUT2D eigenvalue weighted by molar-refractivity contribution is 0.362. The fraction of sp³-hybridized carbons (Fsp3) is 0.750. The molecule has 0 saturated carbocycles. The number of nitrogens with zero attached hydrogens (tertiary/aromatic N) is 2. The van der Waals surface area contributed by atoms with E-state index in [4.69, 9.17) is 0 Å². The van der Waals surface area contributed by atoms with Gasteiger partial charge in [0, 0.05) is 23.8 Å². The highest BCUT2D eigenvalue weighted by Crippen LogP contribution is 2.16. The highest BCUT2D eigenvalue weighted by molar-refractivity contribution is 5.02. The van der Waals surface area contributed by atoms with Crippen LogP contribution < -0.4 is 5.32 Å². The standard InChI is InChI=1S/C12H23N3/c1-11(2,3)14-8-10-7-13-9-15(10)12(4,5)6/h7,9,14H,8H2,1-6H3. The van der Waals surface area contributed by atoms with Crippen LogP contribution in [0.3, 0.4) is 0 Å². The second kappa shape index (κ2) is 3.97. The molecule has 1 rings (SSSR count). The van der Waals surface area contributed by atoms with Gasteiger partial charge in [-0.25, -0.2) is 4.98 Å². The number of nitrogens with one attached hydrogen (secondary N) is 1. The fourth-order valence-corrected chi connectivity index (χ4v) is 1.41. The van der Waals surface area contributed by atoms with Crippen LogP contribution in [-0.4, -0.2) is 15.1 Å². The van der Waals surface area contributed by atoms with Gasteiger partial charge in [0.05, 0.1) is 12.0 Å². The first-order valence-electron chi connectivity index (χ1n) is 5.47. The Morgan fingerprint density at radius 1 is 1.20 bits per heavy atom. The van der Waals surface area contributed by atoms with Gasteiger partial charge in [-0.3, -0.25) is 0 Å². The minimum absolute atomic E-state index is 0.103. The predicted octanol–water partition coefficient (Wildman–Crippen LogP) is 2.53. The summed E-state index contributed by atoms with van der Waals surface area (Å²) >= 11 is 0. The van der Waals surface area contributed by atoms with E-state index < -0.39 is 0 Å². The minimum Gasteiger partial charge on any atom is -0.328 e. The van der Waals surface area contributed by atoms with E-state index in [1.54, 1.807) is 0 Å². The van der Waals surface area contributed by atoms with Gasteiger partial charge >= 0.3 is 0 Å². The molecule has 1 aromatic heterocycles. The Bertz CT molecular complexity index is 312. The summed E-state index contributed by atoms with van der Waals surface area (Å²) in [5.41, 5.74) is 1.48. The van der Waals surface area contributed by atoms with E-state index in [1.807, 2.05) is 12.5 Å². The van der Waals surface area contributed by atoms with Crippen molar-refractivity contribution in [3.05, 3.63) is 18.2 Å². The van der Waals surface area contributed by atoms with Gasteiger partial charge in [0.15, 0.2) is 0 Å². The molecule has 0 unspecified atom stereocenters. The van der Waals surface area contributed by atoms with Crippen LogP contribution in [0.15, 0.2) is 12.5 Å². The zero-order chi connectivity index (χ0) is 11.7. The molecular weight excluding hydrogens is 186 g/mol. The summed E-state index contributed by atoms with van der Waals surface area (Å²) in [4.78, 5) is 4.21. The van der Waals surface area contributed by atoms with Crippen molar-refractivity contribution in [3.8, 4) is 0 Å². The van der Waals surface area contributed by atoms with Crippen LogP contribution in [0.2, 0.25) is 0 Å². The molecule has 1 N–H and O–H groups in total. The first-order chi connectivity index (χ1) is 6.70. The molecule has 15 heavy (non-hydrogen) atoms. The van der Waals surface area contributed by atoms with Crippen LogP contribution in [0.4, 0.5) is 0 Å². The fourth-order valence-electron chi connectivity index (χ4n) is 1.41. The molecule has 0 aromatic carbocycles. The zero-order valence-electron chi connectivity index (χ0n) is 10.8. The molecule has 1 aromatic rings. The quantitative estimate of drug-likeness (QED) is 0.811. The van der Waals surface area contributed by atoms with E-state index in [0.29, 0.717) is 0 Å². The maximum Gasteiger partial charge on any atom is 0.0953 e. The summed E-state index contributed by atoms with van der Waals surface area (Å²) < 4.78 is 2.21. The van der Waals surface area contributed by atoms with Crippen molar-refractivity contribution >= 4 is 0 Å². The van der Waals surface area contributed by atoms with Gasteiger partial charge in [0.25, 0.3) is 0 Å². The van der Waals surface area contributed by atoms with Crippen LogP contribution in [0.5, 0.6) is 0 Å². The van der Waals surface area contributed by atoms with Gasteiger partial charge in [0.1, 0.15) is 0 Å². The van der Waals surface area contributed by atoms with Crippen molar-refractivity contribution in [2.24, 2.45) is 0 Å². The lowest BCUT2D eigenvalue weighted by atomic mass is 10.1. The summed E-state index contributed by atoms with van der Waals surface area (Å²) in [5, 5.41) is 3.48. The van der Waals surface area contributed by atoms with Gasteiger partial charge in [0.2, 0.25) is 0 Å². The highest BCUT2D eigenvalue weighted by atomic mass is 15.1. The van der Waals surface area contributed by atoms with Crippen LogP contribution in [0.1, 0.15) is 47.2 Å². The first-order valence-corrected chi connectivity index (χ1v) is 5.47. The number of aromatic nitrogens is 2. The van der Waals surface area contributed by atoms with Crippen LogP contribution in [0, 0.1) is 0 Å². The normalized spacial score (nSPS) is 13.2. The summed E-state index contributed by atoms with van der Waals surface area (Å²) in [6.45, 7) is 13.9. The van der Waals surface area contributed by atoms with E-state index in [9.17, 15) is 0 Å². The van der Waals surface area contributed by atoms with Crippen LogP contribution >= 0.6 is 0 Å².